The molecule has 1 amide bonds. The minimum atomic E-state index is -1.20. The van der Waals surface area contributed by atoms with Crippen LogP contribution in [0.1, 0.15) is 39.9 Å². The van der Waals surface area contributed by atoms with Crippen molar-refractivity contribution in [2.24, 2.45) is 0 Å². The number of amides is 1. The minimum absolute atomic E-state index is 0.0256. The highest BCUT2D eigenvalue weighted by Gasteiger charge is 2.34. The summed E-state index contributed by atoms with van der Waals surface area (Å²) in [5, 5.41) is 35.4. The Morgan fingerprint density at radius 1 is 1.00 bits per heavy atom. The number of hydrogen-bond acceptors (Lipinski definition) is 7. The van der Waals surface area contributed by atoms with Crippen LogP contribution in [0.25, 0.3) is 0 Å². The summed E-state index contributed by atoms with van der Waals surface area (Å²) in [5.41, 5.74) is 2.64. The second-order valence-electron chi connectivity index (χ2n) is 10.3. The molecule has 0 radical (unpaired) electrons. The molecule has 1 aliphatic heterocycles. The van der Waals surface area contributed by atoms with Crippen LogP contribution >= 0.6 is 34.5 Å². The Kier molecular flexibility index (Phi) is 11.4. The van der Waals surface area contributed by atoms with Gasteiger partial charge in [-0.3, -0.25) is 9.69 Å². The number of rotatable bonds is 12. The number of aliphatic hydroxyl groups is 3. The van der Waals surface area contributed by atoms with Gasteiger partial charge in [-0.05, 0) is 65.2 Å². The van der Waals surface area contributed by atoms with Gasteiger partial charge in [-0.2, -0.15) is 11.3 Å². The van der Waals surface area contributed by atoms with Gasteiger partial charge in [0.1, 0.15) is 12.2 Å². The van der Waals surface area contributed by atoms with E-state index in [1.165, 1.54) is 0 Å². The highest BCUT2D eigenvalue weighted by molar-refractivity contribution is 7.08. The van der Waals surface area contributed by atoms with Crippen molar-refractivity contribution in [1.29, 1.82) is 0 Å². The lowest BCUT2D eigenvalue weighted by atomic mass is 9.94. The second kappa shape index (κ2) is 14.8. The average Bonchev–Trinajstić information content (AvgIpc) is 3.51. The lowest BCUT2D eigenvalue weighted by molar-refractivity contribution is -0.0680. The number of carbonyl (C=O) groups is 1. The molecule has 216 valence electrons. The summed E-state index contributed by atoms with van der Waals surface area (Å²) < 4.78 is 0. The van der Waals surface area contributed by atoms with Crippen LogP contribution in [0, 0.1) is 0 Å². The first kappa shape index (κ1) is 30.9. The minimum Gasteiger partial charge on any atom is -0.394 e. The Bertz CT molecular complexity index is 1210. The summed E-state index contributed by atoms with van der Waals surface area (Å²) in [4.78, 5) is 19.4. The van der Waals surface area contributed by atoms with Crippen molar-refractivity contribution < 1.29 is 20.1 Å². The number of thiophene rings is 1. The molecular weight excluding hydrogens is 569 g/mol. The van der Waals surface area contributed by atoms with Gasteiger partial charge in [0.15, 0.2) is 0 Å². The van der Waals surface area contributed by atoms with Gasteiger partial charge in [-0.25, -0.2) is 0 Å². The first-order valence-corrected chi connectivity index (χ1v) is 15.2. The van der Waals surface area contributed by atoms with Crippen molar-refractivity contribution in [3.05, 3.63) is 92.1 Å². The number of likely N-dealkylation sites (N-methyl/N-ethyl adjacent to an activating group) is 1. The third-order valence-electron chi connectivity index (χ3n) is 7.66. The van der Waals surface area contributed by atoms with Gasteiger partial charge in [-0.15, -0.1) is 0 Å². The Morgan fingerprint density at radius 3 is 2.35 bits per heavy atom. The van der Waals surface area contributed by atoms with Gasteiger partial charge in [0.25, 0.3) is 5.91 Å². The van der Waals surface area contributed by atoms with Gasteiger partial charge in [-0.1, -0.05) is 47.5 Å². The lowest BCUT2D eigenvalue weighted by Crippen LogP contribution is -2.52. The fraction of sp³-hybridized carbons (Fsp3) is 0.433. The highest BCUT2D eigenvalue weighted by Crippen LogP contribution is 2.31. The van der Waals surface area contributed by atoms with Gasteiger partial charge in [0.2, 0.25) is 0 Å². The van der Waals surface area contributed by atoms with Gasteiger partial charge in [0.05, 0.1) is 22.7 Å². The molecule has 4 unspecified atom stereocenters. The fourth-order valence-corrected chi connectivity index (χ4v) is 6.33. The van der Waals surface area contributed by atoms with Crippen LogP contribution in [0.5, 0.6) is 0 Å². The van der Waals surface area contributed by atoms with Crippen LogP contribution in [-0.2, 0) is 0 Å². The molecule has 3 N–H and O–H groups in total. The maximum absolute atomic E-state index is 13.1. The molecule has 0 bridgehead atoms. The Labute approximate surface area is 250 Å². The van der Waals surface area contributed by atoms with E-state index in [0.29, 0.717) is 22.2 Å². The van der Waals surface area contributed by atoms with Gasteiger partial charge < -0.3 is 25.1 Å². The number of hydrogen-bond donors (Lipinski definition) is 3. The van der Waals surface area contributed by atoms with Crippen LogP contribution in [-0.4, -0.2) is 101 Å². The van der Waals surface area contributed by atoms with E-state index >= 15 is 0 Å². The van der Waals surface area contributed by atoms with E-state index in [4.69, 9.17) is 23.2 Å². The zero-order valence-corrected chi connectivity index (χ0v) is 24.9. The molecule has 7 nitrogen and oxygen atoms in total. The first-order valence-electron chi connectivity index (χ1n) is 13.5. The normalized spacial score (nSPS) is 17.8. The summed E-state index contributed by atoms with van der Waals surface area (Å²) in [6.07, 6.45) is -1.46. The van der Waals surface area contributed by atoms with E-state index in [1.54, 1.807) is 22.3 Å². The van der Waals surface area contributed by atoms with Crippen molar-refractivity contribution in [2.75, 3.05) is 52.9 Å². The van der Waals surface area contributed by atoms with Crippen LogP contribution in [0.3, 0.4) is 0 Å². The summed E-state index contributed by atoms with van der Waals surface area (Å²) >= 11 is 14.1. The van der Waals surface area contributed by atoms with Crippen LogP contribution in [0.4, 0.5) is 0 Å². The number of halogens is 2. The molecule has 10 heteroatoms. The molecule has 4 atom stereocenters. The number of carbonyl (C=O) groups excluding carboxylic acids is 1. The van der Waals surface area contributed by atoms with Crippen molar-refractivity contribution in [3.8, 4) is 0 Å². The Balaban J connectivity index is 1.41. The summed E-state index contributed by atoms with van der Waals surface area (Å²) in [6.45, 7) is 3.93. The number of aliphatic hydroxyl groups excluding tert-OH is 3. The molecule has 1 aromatic heterocycles. The fourth-order valence-electron chi connectivity index (χ4n) is 5.33. The molecule has 40 heavy (non-hydrogen) atoms. The van der Waals surface area contributed by atoms with Crippen molar-refractivity contribution in [2.45, 2.75) is 30.6 Å². The third kappa shape index (κ3) is 7.84. The van der Waals surface area contributed by atoms with Crippen LogP contribution < -0.4 is 0 Å². The quantitative estimate of drug-likeness (QED) is 0.284. The molecule has 3 aromatic rings. The van der Waals surface area contributed by atoms with Gasteiger partial charge in [0, 0.05) is 51.3 Å². The van der Waals surface area contributed by atoms with Crippen molar-refractivity contribution in [1.82, 2.24) is 14.7 Å². The zero-order chi connectivity index (χ0) is 28.6. The monoisotopic (exact) mass is 605 g/mol. The molecule has 0 spiro atoms. The summed E-state index contributed by atoms with van der Waals surface area (Å²) in [7, 11) is 1.83. The predicted molar refractivity (Wildman–Crippen MR) is 161 cm³/mol. The largest absolute Gasteiger partial charge is 0.394 e. The number of piperazine rings is 1. The molecular formula is C30H37Cl2N3O4S. The van der Waals surface area contributed by atoms with Crippen LogP contribution in [0.15, 0.2) is 65.4 Å². The van der Waals surface area contributed by atoms with E-state index < -0.39 is 18.8 Å². The van der Waals surface area contributed by atoms with E-state index in [9.17, 15) is 20.1 Å². The van der Waals surface area contributed by atoms with Gasteiger partial charge >= 0.3 is 0 Å². The SMILES string of the molecule is CN(CC(CCN1CCN(C(c2ccsc2)C(O)C(O)CO)CC1)c1ccc(Cl)c(Cl)c1)C(=O)c1ccccc1. The Hall–Kier alpha value is -2.01. The standard InChI is InChI=1S/C30H37Cl2N3O4S/c1-33(30(39)21-5-3-2-4-6-21)18-23(22-7-8-25(31)26(32)17-22)9-11-34-12-14-35(15-13-34)28(24-10-16-40-20-24)29(38)27(37)19-36/h2-8,10,16-17,20,23,27-29,36-38H,9,11-15,18-19H2,1H3. The molecule has 0 aliphatic carbocycles. The number of benzene rings is 2. The second-order valence-corrected chi connectivity index (χ2v) is 11.9. The molecule has 1 saturated heterocycles. The average molecular weight is 607 g/mol. The third-order valence-corrected chi connectivity index (χ3v) is 9.10. The molecule has 2 aromatic carbocycles. The zero-order valence-electron chi connectivity index (χ0n) is 22.6. The van der Waals surface area contributed by atoms with E-state index in [2.05, 4.69) is 9.80 Å². The molecule has 4 rings (SSSR count). The summed E-state index contributed by atoms with van der Waals surface area (Å²) in [5.74, 6) is 0.0351. The van der Waals surface area contributed by atoms with E-state index in [-0.39, 0.29) is 17.9 Å². The molecule has 2 heterocycles. The number of nitrogens with zero attached hydrogens (tertiary/aromatic N) is 3. The Morgan fingerprint density at radius 2 is 1.73 bits per heavy atom. The maximum Gasteiger partial charge on any atom is 0.253 e. The van der Waals surface area contributed by atoms with E-state index in [1.807, 2.05) is 66.3 Å². The smallest absolute Gasteiger partial charge is 0.253 e. The van der Waals surface area contributed by atoms with Crippen LogP contribution in [0.2, 0.25) is 10.0 Å². The first-order chi connectivity index (χ1) is 19.3. The maximum atomic E-state index is 13.1. The topological polar surface area (TPSA) is 87.5 Å². The molecule has 1 aliphatic rings. The predicted octanol–water partition coefficient (Wildman–Crippen LogP) is 4.37. The summed E-state index contributed by atoms with van der Waals surface area (Å²) in [6, 6.07) is 16.5. The molecule has 1 fully saturated rings. The van der Waals surface area contributed by atoms with Crippen molar-refractivity contribution >= 4 is 40.4 Å². The lowest BCUT2D eigenvalue weighted by Gasteiger charge is -2.42. The molecule has 0 saturated carbocycles. The van der Waals surface area contributed by atoms with Crippen molar-refractivity contribution in [3.63, 3.8) is 0 Å². The highest BCUT2D eigenvalue weighted by atomic mass is 35.5. The van der Waals surface area contributed by atoms with E-state index in [0.717, 1.165) is 50.3 Å².